The predicted octanol–water partition coefficient (Wildman–Crippen LogP) is 1.25. The van der Waals surface area contributed by atoms with E-state index in [1.165, 1.54) is 24.7 Å². The van der Waals surface area contributed by atoms with Crippen LogP contribution in [0.3, 0.4) is 0 Å². The van der Waals surface area contributed by atoms with Crippen LogP contribution in [-0.4, -0.2) is 35.7 Å². The Labute approximate surface area is 101 Å². The van der Waals surface area contributed by atoms with E-state index in [0.29, 0.717) is 0 Å². The second-order valence-electron chi connectivity index (χ2n) is 2.39. The van der Waals surface area contributed by atoms with Crippen molar-refractivity contribution in [3.05, 3.63) is 17.5 Å². The van der Waals surface area contributed by atoms with Gasteiger partial charge < -0.3 is 9.47 Å². The van der Waals surface area contributed by atoms with Crippen LogP contribution in [0.2, 0.25) is 0 Å². The number of carbonyl (C=O) groups excluding carboxylic acids is 2. The SMILES string of the molecule is COC(=O)c1cc(C(=O)OC)n(PI)n1. The maximum Gasteiger partial charge on any atom is 0.358 e. The van der Waals surface area contributed by atoms with Gasteiger partial charge >= 0.3 is 11.9 Å². The molecule has 0 N–H and O–H groups in total. The van der Waals surface area contributed by atoms with Gasteiger partial charge in [-0.05, 0) is 22.0 Å². The lowest BCUT2D eigenvalue weighted by atomic mass is 10.3. The predicted molar refractivity (Wildman–Crippen MR) is 62.6 cm³/mol. The number of hydrogen-bond acceptors (Lipinski definition) is 5. The molecule has 1 atom stereocenters. The van der Waals surface area contributed by atoms with Gasteiger partial charge in [0, 0.05) is 6.07 Å². The molecule has 15 heavy (non-hydrogen) atoms. The smallest absolute Gasteiger partial charge is 0.358 e. The van der Waals surface area contributed by atoms with E-state index < -0.39 is 11.9 Å². The highest BCUT2D eigenvalue weighted by atomic mass is 127. The Morgan fingerprint density at radius 1 is 1.40 bits per heavy atom. The summed E-state index contributed by atoms with van der Waals surface area (Å²) in [4.78, 5) is 22.4. The summed E-state index contributed by atoms with van der Waals surface area (Å²) in [5.74, 6) is -1.10. The van der Waals surface area contributed by atoms with Crippen LogP contribution in [0.4, 0.5) is 0 Å². The molecule has 0 bridgehead atoms. The third-order valence-electron chi connectivity index (χ3n) is 1.58. The van der Waals surface area contributed by atoms with Gasteiger partial charge in [0.1, 0.15) is 0 Å². The van der Waals surface area contributed by atoms with Crippen LogP contribution in [0.1, 0.15) is 21.0 Å². The summed E-state index contributed by atoms with van der Waals surface area (Å²) in [6.45, 7) is 0. The summed E-state index contributed by atoms with van der Waals surface area (Å²) >= 11 is 2.05. The summed E-state index contributed by atoms with van der Waals surface area (Å²) in [5.41, 5.74) is 0.340. The average molecular weight is 342 g/mol. The summed E-state index contributed by atoms with van der Waals surface area (Å²) < 4.78 is 10.5. The van der Waals surface area contributed by atoms with Gasteiger partial charge in [0.25, 0.3) is 0 Å². The zero-order valence-electron chi connectivity index (χ0n) is 7.98. The van der Waals surface area contributed by atoms with Crippen molar-refractivity contribution >= 4 is 40.4 Å². The third-order valence-corrected chi connectivity index (χ3v) is 3.45. The van der Waals surface area contributed by atoms with Crippen LogP contribution in [0.5, 0.6) is 0 Å². The topological polar surface area (TPSA) is 70.4 Å². The van der Waals surface area contributed by atoms with E-state index in [0.717, 1.165) is 0 Å². The van der Waals surface area contributed by atoms with Gasteiger partial charge in [0.2, 0.25) is 0 Å². The van der Waals surface area contributed by atoms with Crippen LogP contribution in [-0.2, 0) is 9.47 Å². The number of methoxy groups -OCH3 is 2. The van der Waals surface area contributed by atoms with E-state index in [1.54, 1.807) is 0 Å². The zero-order valence-corrected chi connectivity index (χ0v) is 11.1. The summed E-state index contributed by atoms with van der Waals surface area (Å²) in [7, 11) is 2.53. The Balaban J connectivity index is 3.11. The van der Waals surface area contributed by atoms with E-state index in [-0.39, 0.29) is 17.8 Å². The molecule has 0 saturated heterocycles. The van der Waals surface area contributed by atoms with Crippen molar-refractivity contribution in [2.24, 2.45) is 0 Å². The molecular formula is C7H8IN2O4P. The summed E-state index contributed by atoms with van der Waals surface area (Å²) in [5, 5.41) is 3.91. The highest BCUT2D eigenvalue weighted by Crippen LogP contribution is 2.26. The molecule has 0 amide bonds. The molecular weight excluding hydrogens is 334 g/mol. The fourth-order valence-electron chi connectivity index (χ4n) is 0.900. The van der Waals surface area contributed by atoms with Gasteiger partial charge in [-0.25, -0.2) is 14.0 Å². The molecule has 0 aliphatic carbocycles. The molecule has 0 aliphatic heterocycles. The van der Waals surface area contributed by atoms with Crippen LogP contribution in [0, 0.1) is 0 Å². The fourth-order valence-corrected chi connectivity index (χ4v) is 2.40. The summed E-state index contributed by atoms with van der Waals surface area (Å²) in [6.07, 6.45) is 0.207. The first-order valence-corrected chi connectivity index (χ1v) is 7.83. The minimum Gasteiger partial charge on any atom is -0.464 e. The number of ether oxygens (including phenoxy) is 2. The number of hydrogen-bond donors (Lipinski definition) is 0. The van der Waals surface area contributed by atoms with Gasteiger partial charge in [0.15, 0.2) is 11.4 Å². The number of nitrogens with zero attached hydrogens (tertiary/aromatic N) is 2. The van der Waals surface area contributed by atoms with Crippen molar-refractivity contribution < 1.29 is 19.1 Å². The first-order chi connectivity index (χ1) is 7.13. The molecule has 0 saturated carbocycles. The molecule has 1 aromatic rings. The average Bonchev–Trinajstić information content (AvgIpc) is 2.70. The second-order valence-corrected chi connectivity index (χ2v) is 4.43. The molecule has 0 aromatic carbocycles. The van der Waals surface area contributed by atoms with Crippen LogP contribution in [0.15, 0.2) is 6.07 Å². The molecule has 0 fully saturated rings. The Bertz CT molecular complexity index is 392. The monoisotopic (exact) mass is 342 g/mol. The lowest BCUT2D eigenvalue weighted by molar-refractivity contribution is 0.0587. The molecule has 1 aromatic heterocycles. The van der Waals surface area contributed by atoms with Crippen molar-refractivity contribution in [1.29, 1.82) is 0 Å². The zero-order chi connectivity index (χ0) is 11.4. The van der Waals surface area contributed by atoms with Crippen molar-refractivity contribution in [3.63, 3.8) is 0 Å². The van der Waals surface area contributed by atoms with E-state index in [4.69, 9.17) is 0 Å². The Morgan fingerprint density at radius 3 is 2.47 bits per heavy atom. The minimum atomic E-state index is -0.575. The summed E-state index contributed by atoms with van der Waals surface area (Å²) in [6, 6.07) is 1.35. The largest absolute Gasteiger partial charge is 0.464 e. The van der Waals surface area contributed by atoms with Gasteiger partial charge in [-0.2, -0.15) is 5.10 Å². The molecule has 0 radical (unpaired) electrons. The first-order valence-electron chi connectivity index (χ1n) is 3.77. The second kappa shape index (κ2) is 5.41. The molecule has 82 valence electrons. The number of aromatic nitrogens is 2. The highest BCUT2D eigenvalue weighted by Gasteiger charge is 2.19. The molecule has 6 nitrogen and oxygen atoms in total. The molecule has 0 spiro atoms. The number of rotatable bonds is 3. The van der Waals surface area contributed by atoms with Crippen LogP contribution < -0.4 is 0 Å². The number of esters is 2. The van der Waals surface area contributed by atoms with Gasteiger partial charge in [-0.3, -0.25) is 0 Å². The Morgan fingerprint density at radius 2 is 2.00 bits per heavy atom. The van der Waals surface area contributed by atoms with Gasteiger partial charge in [0.05, 0.1) is 20.6 Å². The van der Waals surface area contributed by atoms with Gasteiger partial charge in [-0.1, -0.05) is 0 Å². The standard InChI is InChI=1S/C7H8IN2O4P/c1-13-6(11)4-3-5(7(12)14-2)10(9-4)15-8/h3,15H,1-2H3. The van der Waals surface area contributed by atoms with Gasteiger partial charge in [-0.15, -0.1) is 0 Å². The normalized spacial score (nSPS) is 10.6. The number of halogens is 1. The van der Waals surface area contributed by atoms with E-state index in [2.05, 4.69) is 14.6 Å². The highest BCUT2D eigenvalue weighted by molar-refractivity contribution is 14.2. The molecule has 1 heterocycles. The van der Waals surface area contributed by atoms with Crippen LogP contribution >= 0.6 is 28.4 Å². The molecule has 1 unspecified atom stereocenters. The Kier molecular flexibility index (Phi) is 4.46. The molecule has 0 aliphatic rings. The molecule has 8 heteroatoms. The van der Waals surface area contributed by atoms with Crippen LogP contribution in [0.25, 0.3) is 0 Å². The Hall–Kier alpha value is -0.690. The van der Waals surface area contributed by atoms with E-state index in [1.807, 2.05) is 22.0 Å². The fraction of sp³-hybridized carbons (Fsp3) is 0.286. The quantitative estimate of drug-likeness (QED) is 0.470. The molecule has 1 rings (SSSR count). The van der Waals surface area contributed by atoms with Crippen molar-refractivity contribution in [1.82, 2.24) is 9.55 Å². The lowest BCUT2D eigenvalue weighted by Gasteiger charge is -1.99. The van der Waals surface area contributed by atoms with Crippen molar-refractivity contribution in [3.8, 4) is 0 Å². The van der Waals surface area contributed by atoms with Crippen molar-refractivity contribution in [2.45, 2.75) is 0 Å². The van der Waals surface area contributed by atoms with E-state index in [9.17, 15) is 9.59 Å². The van der Waals surface area contributed by atoms with Crippen molar-refractivity contribution in [2.75, 3.05) is 14.2 Å². The maximum atomic E-state index is 11.3. The van der Waals surface area contributed by atoms with E-state index >= 15 is 0 Å². The maximum absolute atomic E-state index is 11.3. The third kappa shape index (κ3) is 2.66. The first kappa shape index (κ1) is 12.4. The lowest BCUT2D eigenvalue weighted by Crippen LogP contribution is -2.05. The minimum absolute atomic E-state index is 0.0991. The number of carbonyl (C=O) groups is 2.